The molecule has 26 heavy (non-hydrogen) atoms. The number of para-hydroxylation sites is 1. The van der Waals surface area contributed by atoms with Crippen molar-refractivity contribution in [2.45, 2.75) is 6.92 Å². The van der Waals surface area contributed by atoms with Gasteiger partial charge < -0.3 is 19.0 Å². The Morgan fingerprint density at radius 1 is 1.15 bits per heavy atom. The number of fused-ring (bicyclic) bond motifs is 1. The van der Waals surface area contributed by atoms with Crippen LogP contribution < -0.4 is 9.64 Å². The van der Waals surface area contributed by atoms with Crippen LogP contribution in [0.1, 0.15) is 16.1 Å². The van der Waals surface area contributed by atoms with E-state index in [1.807, 2.05) is 17.0 Å². The summed E-state index contributed by atoms with van der Waals surface area (Å²) in [5, 5.41) is 1.10. The predicted molar refractivity (Wildman–Crippen MR) is 99.9 cm³/mol. The first-order valence-corrected chi connectivity index (χ1v) is 8.69. The zero-order valence-electron chi connectivity index (χ0n) is 14.9. The lowest BCUT2D eigenvalue weighted by Gasteiger charge is -2.35. The predicted octanol–water partition coefficient (Wildman–Crippen LogP) is 3.11. The number of hydrogen-bond donors (Lipinski definition) is 0. The number of furan rings is 1. The van der Waals surface area contributed by atoms with Crippen LogP contribution in [0.3, 0.4) is 0 Å². The first-order valence-electron chi connectivity index (χ1n) is 8.69. The largest absolute Gasteiger partial charge is 0.494 e. The summed E-state index contributed by atoms with van der Waals surface area (Å²) in [6.07, 6.45) is 1.53. The van der Waals surface area contributed by atoms with Crippen LogP contribution in [0.2, 0.25) is 0 Å². The first-order chi connectivity index (χ1) is 12.7. The Morgan fingerprint density at radius 3 is 2.65 bits per heavy atom. The van der Waals surface area contributed by atoms with Crippen LogP contribution in [0.15, 0.2) is 47.1 Å². The molecule has 0 spiro atoms. The summed E-state index contributed by atoms with van der Waals surface area (Å²) in [5.41, 5.74) is 2.04. The molecule has 0 unspecified atom stereocenters. The van der Waals surface area contributed by atoms with Crippen LogP contribution in [-0.4, -0.2) is 49.1 Å². The van der Waals surface area contributed by atoms with Gasteiger partial charge in [0, 0.05) is 31.6 Å². The normalized spacial score (nSPS) is 14.7. The van der Waals surface area contributed by atoms with Crippen molar-refractivity contribution < 1.29 is 13.9 Å². The number of carbonyl (C=O) groups is 1. The van der Waals surface area contributed by atoms with E-state index < -0.39 is 0 Å². The Hall–Kier alpha value is -3.02. The van der Waals surface area contributed by atoms with Crippen LogP contribution in [0, 0.1) is 6.92 Å². The van der Waals surface area contributed by atoms with Gasteiger partial charge in [-0.15, -0.1) is 0 Å². The number of amides is 1. The summed E-state index contributed by atoms with van der Waals surface area (Å²) in [6.45, 7) is 4.84. The lowest BCUT2D eigenvalue weighted by Crippen LogP contribution is -2.49. The maximum atomic E-state index is 12.4. The number of rotatable bonds is 3. The number of pyridine rings is 1. The molecular formula is C20H21N3O3. The number of methoxy groups -OCH3 is 1. The van der Waals surface area contributed by atoms with Crippen molar-refractivity contribution in [1.29, 1.82) is 0 Å². The number of ether oxygens (including phenoxy) is 1. The van der Waals surface area contributed by atoms with Crippen molar-refractivity contribution in [3.8, 4) is 5.75 Å². The minimum absolute atomic E-state index is 0.0565. The van der Waals surface area contributed by atoms with Crippen LogP contribution >= 0.6 is 0 Å². The van der Waals surface area contributed by atoms with E-state index in [9.17, 15) is 4.79 Å². The molecule has 0 radical (unpaired) electrons. The molecule has 0 atom stereocenters. The zero-order chi connectivity index (χ0) is 18.1. The maximum Gasteiger partial charge on any atom is 0.289 e. The highest BCUT2D eigenvalue weighted by molar-refractivity contribution is 5.92. The lowest BCUT2D eigenvalue weighted by molar-refractivity contribution is 0.0714. The number of anilines is 1. The van der Waals surface area contributed by atoms with Crippen molar-refractivity contribution >= 4 is 22.6 Å². The number of nitrogens with zero attached hydrogens (tertiary/aromatic N) is 3. The fourth-order valence-corrected chi connectivity index (χ4v) is 3.40. The molecule has 6 heteroatoms. The number of aryl methyl sites for hydroxylation is 1. The van der Waals surface area contributed by atoms with Gasteiger partial charge in [0.25, 0.3) is 5.91 Å². The Kier molecular flexibility index (Phi) is 4.24. The second-order valence-corrected chi connectivity index (χ2v) is 6.41. The molecule has 1 aromatic carbocycles. The van der Waals surface area contributed by atoms with E-state index in [2.05, 4.69) is 24.0 Å². The molecule has 0 aliphatic carbocycles. The van der Waals surface area contributed by atoms with Crippen molar-refractivity contribution in [3.05, 3.63) is 54.0 Å². The number of hydrogen-bond acceptors (Lipinski definition) is 5. The quantitative estimate of drug-likeness (QED) is 0.726. The monoisotopic (exact) mass is 351 g/mol. The third-order valence-corrected chi connectivity index (χ3v) is 4.84. The number of carbonyl (C=O) groups excluding carboxylic acids is 1. The topological polar surface area (TPSA) is 58.8 Å². The average Bonchev–Trinajstić information content (AvgIpc) is 3.22. The van der Waals surface area contributed by atoms with Gasteiger partial charge in [0.2, 0.25) is 0 Å². The molecule has 3 heterocycles. The van der Waals surface area contributed by atoms with Gasteiger partial charge in [-0.05, 0) is 36.8 Å². The van der Waals surface area contributed by atoms with Crippen molar-refractivity contribution in [1.82, 2.24) is 9.88 Å². The van der Waals surface area contributed by atoms with Crippen molar-refractivity contribution in [2.24, 2.45) is 0 Å². The summed E-state index contributed by atoms with van der Waals surface area (Å²) in [7, 11) is 1.66. The zero-order valence-corrected chi connectivity index (χ0v) is 14.9. The molecular weight excluding hydrogens is 330 g/mol. The van der Waals surface area contributed by atoms with E-state index in [0.29, 0.717) is 18.8 Å². The van der Waals surface area contributed by atoms with E-state index in [1.165, 1.54) is 6.26 Å². The Morgan fingerprint density at radius 2 is 1.96 bits per heavy atom. The molecule has 3 aromatic rings. The third-order valence-electron chi connectivity index (χ3n) is 4.84. The van der Waals surface area contributed by atoms with E-state index in [-0.39, 0.29) is 5.91 Å². The molecule has 1 aliphatic rings. The molecule has 1 amide bonds. The van der Waals surface area contributed by atoms with Crippen LogP contribution in [0.25, 0.3) is 10.9 Å². The van der Waals surface area contributed by atoms with Crippen LogP contribution in [0.4, 0.5) is 5.82 Å². The second-order valence-electron chi connectivity index (χ2n) is 6.41. The molecule has 0 bridgehead atoms. The van der Waals surface area contributed by atoms with Gasteiger partial charge in [-0.3, -0.25) is 4.79 Å². The van der Waals surface area contributed by atoms with Gasteiger partial charge in [-0.25, -0.2) is 4.98 Å². The van der Waals surface area contributed by atoms with Gasteiger partial charge in [0.15, 0.2) is 5.76 Å². The Balaban J connectivity index is 1.55. The third kappa shape index (κ3) is 2.87. The van der Waals surface area contributed by atoms with E-state index in [0.717, 1.165) is 41.1 Å². The maximum absolute atomic E-state index is 12.4. The molecule has 0 saturated carbocycles. The minimum atomic E-state index is -0.0565. The summed E-state index contributed by atoms with van der Waals surface area (Å²) >= 11 is 0. The summed E-state index contributed by atoms with van der Waals surface area (Å²) < 4.78 is 10.7. The molecule has 4 rings (SSSR count). The summed E-state index contributed by atoms with van der Waals surface area (Å²) in [4.78, 5) is 21.3. The van der Waals surface area contributed by atoms with Gasteiger partial charge in [0.05, 0.1) is 13.4 Å². The lowest BCUT2D eigenvalue weighted by atomic mass is 10.1. The van der Waals surface area contributed by atoms with E-state index in [1.54, 1.807) is 19.2 Å². The average molecular weight is 351 g/mol. The molecule has 134 valence electrons. The van der Waals surface area contributed by atoms with Gasteiger partial charge in [0.1, 0.15) is 17.1 Å². The SMILES string of the molecule is COc1cccc2c(C)cc(N3CCN(C(=O)c4ccco4)CC3)nc12. The summed E-state index contributed by atoms with van der Waals surface area (Å²) in [6, 6.07) is 11.5. The molecule has 6 nitrogen and oxygen atoms in total. The standard InChI is InChI=1S/C20H21N3O3/c1-14-13-18(21-19-15(14)5-3-6-16(19)25-2)22-8-10-23(11-9-22)20(24)17-7-4-12-26-17/h3-7,12-13H,8-11H2,1-2H3. The van der Waals surface area contributed by atoms with Crippen LogP contribution in [0.5, 0.6) is 5.75 Å². The van der Waals surface area contributed by atoms with E-state index >= 15 is 0 Å². The molecule has 1 saturated heterocycles. The highest BCUT2D eigenvalue weighted by atomic mass is 16.5. The molecule has 1 fully saturated rings. The Labute approximate surface area is 152 Å². The molecule has 0 N–H and O–H groups in total. The van der Waals surface area contributed by atoms with Gasteiger partial charge in [-0.2, -0.15) is 0 Å². The second kappa shape index (κ2) is 6.71. The van der Waals surface area contributed by atoms with Crippen molar-refractivity contribution in [2.75, 3.05) is 38.2 Å². The highest BCUT2D eigenvalue weighted by Crippen LogP contribution is 2.29. The fourth-order valence-electron chi connectivity index (χ4n) is 3.40. The fraction of sp³-hybridized carbons (Fsp3) is 0.300. The van der Waals surface area contributed by atoms with Gasteiger partial charge in [-0.1, -0.05) is 12.1 Å². The number of piperazine rings is 1. The molecule has 2 aromatic heterocycles. The smallest absolute Gasteiger partial charge is 0.289 e. The number of benzene rings is 1. The van der Waals surface area contributed by atoms with E-state index in [4.69, 9.17) is 14.1 Å². The molecule has 1 aliphatic heterocycles. The minimum Gasteiger partial charge on any atom is -0.494 e. The van der Waals surface area contributed by atoms with Crippen LogP contribution in [-0.2, 0) is 0 Å². The first kappa shape index (κ1) is 16.4. The Bertz CT molecular complexity index is 929. The van der Waals surface area contributed by atoms with Crippen molar-refractivity contribution in [3.63, 3.8) is 0 Å². The highest BCUT2D eigenvalue weighted by Gasteiger charge is 2.24. The number of aromatic nitrogens is 1. The van der Waals surface area contributed by atoms with Gasteiger partial charge >= 0.3 is 0 Å². The summed E-state index contributed by atoms with van der Waals surface area (Å²) in [5.74, 6) is 2.03.